The molecule has 2 aliphatic carbocycles. The normalized spacial score (nSPS) is 19.7. The Balaban J connectivity index is 1.65. The molecule has 2 aliphatic rings. The molecule has 1 atom stereocenters. The molecule has 8 nitrogen and oxygen atoms in total. The molecular weight excluding hydrogens is 434 g/mol. The number of rotatable bonds is 8. The summed E-state index contributed by atoms with van der Waals surface area (Å²) in [5.74, 6) is 1.78. The van der Waals surface area contributed by atoms with E-state index in [-0.39, 0.29) is 19.3 Å². The van der Waals surface area contributed by atoms with Gasteiger partial charge in [-0.25, -0.2) is 9.78 Å². The first kappa shape index (κ1) is 23.8. The van der Waals surface area contributed by atoms with Crippen LogP contribution in [0.1, 0.15) is 61.7 Å². The van der Waals surface area contributed by atoms with Crippen molar-refractivity contribution in [2.75, 3.05) is 20.3 Å². The van der Waals surface area contributed by atoms with Gasteiger partial charge in [-0.3, -0.25) is 0 Å². The van der Waals surface area contributed by atoms with Crippen LogP contribution in [0.2, 0.25) is 0 Å². The predicted molar refractivity (Wildman–Crippen MR) is 124 cm³/mol. The fourth-order valence-electron chi connectivity index (χ4n) is 4.84. The zero-order chi connectivity index (χ0) is 24.1. The number of nitriles is 1. The fraction of sp³-hybridized carbons (Fsp3) is 0.538. The van der Waals surface area contributed by atoms with Crippen LogP contribution in [-0.2, 0) is 27.8 Å². The second-order valence-electron chi connectivity index (χ2n) is 8.86. The van der Waals surface area contributed by atoms with E-state index in [4.69, 9.17) is 18.9 Å². The van der Waals surface area contributed by atoms with Crippen molar-refractivity contribution in [3.8, 4) is 23.4 Å². The number of methoxy groups -OCH3 is 1. The number of benzene rings is 1. The molecule has 0 radical (unpaired) electrons. The predicted octanol–water partition coefficient (Wildman–Crippen LogP) is 4.01. The molecule has 1 aromatic carbocycles. The van der Waals surface area contributed by atoms with Crippen molar-refractivity contribution in [2.45, 2.75) is 70.3 Å². The lowest BCUT2D eigenvalue weighted by atomic mass is 9.69. The van der Waals surface area contributed by atoms with Crippen LogP contribution in [0.4, 0.5) is 0 Å². The summed E-state index contributed by atoms with van der Waals surface area (Å²) in [6, 6.07) is 8.31. The molecular formula is C26H31N3O5. The molecule has 1 heterocycles. The molecule has 1 fully saturated rings. The van der Waals surface area contributed by atoms with Gasteiger partial charge in [-0.2, -0.15) is 10.2 Å². The number of hydrogen-bond donors (Lipinski definition) is 0. The van der Waals surface area contributed by atoms with Crippen molar-refractivity contribution in [3.63, 3.8) is 0 Å². The average molecular weight is 466 g/mol. The van der Waals surface area contributed by atoms with E-state index in [1.165, 1.54) is 12.8 Å². The SMILES string of the molecule is CCOC(=O)COc1nc(C)nc2c1CC(C#N)(c1ccc(OC)c(OC3CCCC3)c1)CC2. The summed E-state index contributed by atoms with van der Waals surface area (Å²) in [5.41, 5.74) is 1.68. The first-order valence-electron chi connectivity index (χ1n) is 11.9. The number of aryl methyl sites for hydroxylation is 2. The van der Waals surface area contributed by atoms with Crippen LogP contribution >= 0.6 is 0 Å². The van der Waals surface area contributed by atoms with Gasteiger partial charge in [-0.1, -0.05) is 6.07 Å². The quantitative estimate of drug-likeness (QED) is 0.539. The number of carbonyl (C=O) groups is 1. The number of fused-ring (bicyclic) bond motifs is 1. The van der Waals surface area contributed by atoms with Crippen molar-refractivity contribution in [3.05, 3.63) is 40.8 Å². The molecule has 1 unspecified atom stereocenters. The van der Waals surface area contributed by atoms with Crippen molar-refractivity contribution in [1.29, 1.82) is 5.26 Å². The minimum absolute atomic E-state index is 0.175. The van der Waals surface area contributed by atoms with Gasteiger partial charge in [-0.05, 0) is 70.1 Å². The Hall–Kier alpha value is -3.34. The van der Waals surface area contributed by atoms with Gasteiger partial charge in [0, 0.05) is 12.0 Å². The Labute approximate surface area is 200 Å². The van der Waals surface area contributed by atoms with Crippen LogP contribution in [0.3, 0.4) is 0 Å². The van der Waals surface area contributed by atoms with E-state index in [1.54, 1.807) is 21.0 Å². The molecule has 34 heavy (non-hydrogen) atoms. The molecule has 8 heteroatoms. The van der Waals surface area contributed by atoms with Crippen molar-refractivity contribution in [1.82, 2.24) is 9.97 Å². The summed E-state index contributed by atoms with van der Waals surface area (Å²) in [7, 11) is 1.63. The summed E-state index contributed by atoms with van der Waals surface area (Å²) < 4.78 is 22.5. The molecule has 2 aromatic rings. The Morgan fingerprint density at radius 1 is 1.24 bits per heavy atom. The summed E-state index contributed by atoms with van der Waals surface area (Å²) in [5, 5.41) is 10.4. The van der Waals surface area contributed by atoms with Crippen molar-refractivity contribution in [2.24, 2.45) is 0 Å². The van der Waals surface area contributed by atoms with Gasteiger partial charge >= 0.3 is 5.97 Å². The van der Waals surface area contributed by atoms with Crippen molar-refractivity contribution >= 4 is 5.97 Å². The average Bonchev–Trinajstić information content (AvgIpc) is 3.35. The Bertz CT molecular complexity index is 1090. The van der Waals surface area contributed by atoms with Gasteiger partial charge in [0.1, 0.15) is 5.82 Å². The lowest BCUT2D eigenvalue weighted by Gasteiger charge is -2.33. The Kier molecular flexibility index (Phi) is 7.20. The Morgan fingerprint density at radius 2 is 2.03 bits per heavy atom. The number of esters is 1. The molecule has 180 valence electrons. The van der Waals surface area contributed by atoms with Gasteiger partial charge in [-0.15, -0.1) is 0 Å². The van der Waals surface area contributed by atoms with Crippen LogP contribution in [0.15, 0.2) is 18.2 Å². The first-order chi connectivity index (χ1) is 16.5. The highest BCUT2D eigenvalue weighted by Crippen LogP contribution is 2.43. The smallest absolute Gasteiger partial charge is 0.344 e. The van der Waals surface area contributed by atoms with Gasteiger partial charge in [0.05, 0.1) is 37.0 Å². The van der Waals surface area contributed by atoms with Crippen LogP contribution in [0.25, 0.3) is 0 Å². The van der Waals surface area contributed by atoms with E-state index in [0.29, 0.717) is 42.5 Å². The molecule has 1 saturated carbocycles. The van der Waals surface area contributed by atoms with Crippen LogP contribution < -0.4 is 14.2 Å². The summed E-state index contributed by atoms with van der Waals surface area (Å²) in [6.45, 7) is 3.58. The lowest BCUT2D eigenvalue weighted by molar-refractivity contribution is -0.145. The molecule has 0 amide bonds. The first-order valence-corrected chi connectivity index (χ1v) is 11.9. The molecule has 0 spiro atoms. The number of aromatic nitrogens is 2. The topological polar surface area (TPSA) is 104 Å². The van der Waals surface area contributed by atoms with Gasteiger partial charge in [0.15, 0.2) is 18.1 Å². The minimum atomic E-state index is -0.798. The van der Waals surface area contributed by atoms with E-state index in [1.807, 2.05) is 18.2 Å². The van der Waals surface area contributed by atoms with E-state index in [9.17, 15) is 10.1 Å². The zero-order valence-electron chi connectivity index (χ0n) is 20.1. The second kappa shape index (κ2) is 10.3. The Morgan fingerprint density at radius 3 is 2.74 bits per heavy atom. The third-order valence-electron chi connectivity index (χ3n) is 6.59. The molecule has 0 aliphatic heterocycles. The van der Waals surface area contributed by atoms with Crippen molar-refractivity contribution < 1.29 is 23.7 Å². The number of nitrogens with zero attached hydrogens (tertiary/aromatic N) is 3. The van der Waals surface area contributed by atoms with E-state index < -0.39 is 11.4 Å². The number of carbonyl (C=O) groups excluding carboxylic acids is 1. The monoisotopic (exact) mass is 465 g/mol. The standard InChI is InChI=1S/C26H31N3O5/c1-4-32-24(30)15-33-25-20-14-26(16-27,12-11-21(20)28-17(2)29-25)18-9-10-22(31-3)23(13-18)34-19-7-5-6-8-19/h9-10,13,19H,4-8,11-12,14-15H2,1-3H3. The van der Waals surface area contributed by atoms with E-state index >= 15 is 0 Å². The molecule has 0 bridgehead atoms. The molecule has 0 N–H and O–H groups in total. The van der Waals surface area contributed by atoms with Gasteiger partial charge in [0.25, 0.3) is 0 Å². The highest BCUT2D eigenvalue weighted by atomic mass is 16.6. The fourth-order valence-corrected chi connectivity index (χ4v) is 4.84. The van der Waals surface area contributed by atoms with E-state index in [0.717, 1.165) is 29.7 Å². The second-order valence-corrected chi connectivity index (χ2v) is 8.86. The zero-order valence-corrected chi connectivity index (χ0v) is 20.1. The van der Waals surface area contributed by atoms with Crippen LogP contribution in [0, 0.1) is 18.3 Å². The third kappa shape index (κ3) is 4.93. The molecule has 0 saturated heterocycles. The lowest BCUT2D eigenvalue weighted by Crippen LogP contribution is -2.33. The maximum absolute atomic E-state index is 11.8. The number of ether oxygens (including phenoxy) is 4. The summed E-state index contributed by atoms with van der Waals surface area (Å²) in [6.07, 6.45) is 6.16. The third-order valence-corrected chi connectivity index (χ3v) is 6.59. The maximum Gasteiger partial charge on any atom is 0.344 e. The summed E-state index contributed by atoms with van der Waals surface area (Å²) >= 11 is 0. The maximum atomic E-state index is 11.8. The van der Waals surface area contributed by atoms with Gasteiger partial charge < -0.3 is 18.9 Å². The summed E-state index contributed by atoms with van der Waals surface area (Å²) in [4.78, 5) is 20.9. The van der Waals surface area contributed by atoms with Crippen LogP contribution in [0.5, 0.6) is 17.4 Å². The highest BCUT2D eigenvalue weighted by Gasteiger charge is 2.40. The molecule has 1 aromatic heterocycles. The van der Waals surface area contributed by atoms with Crippen LogP contribution in [-0.4, -0.2) is 42.4 Å². The highest BCUT2D eigenvalue weighted by molar-refractivity contribution is 5.71. The number of hydrogen-bond acceptors (Lipinski definition) is 8. The largest absolute Gasteiger partial charge is 0.493 e. The van der Waals surface area contributed by atoms with Gasteiger partial charge in [0.2, 0.25) is 5.88 Å². The van der Waals surface area contributed by atoms with E-state index in [2.05, 4.69) is 16.0 Å². The minimum Gasteiger partial charge on any atom is -0.493 e. The molecule has 4 rings (SSSR count).